The summed E-state index contributed by atoms with van der Waals surface area (Å²) in [6.45, 7) is 1.82. The Morgan fingerprint density at radius 2 is 2.18 bits per heavy atom. The number of esters is 1. The minimum Gasteiger partial charge on any atom is -0.428 e. The molecule has 0 spiro atoms. The average molecular weight is 253 g/mol. The van der Waals surface area contributed by atoms with Gasteiger partial charge in [0.15, 0.2) is 0 Å². The minimum absolute atomic E-state index is 0.207. The topological polar surface area (TPSA) is 38.7 Å². The maximum absolute atomic E-state index is 13.1. The summed E-state index contributed by atoms with van der Waals surface area (Å²) in [7, 11) is 0. The molecule has 0 aromatic heterocycles. The largest absolute Gasteiger partial charge is 0.428 e. The van der Waals surface area contributed by atoms with Crippen LogP contribution < -0.4 is 0 Å². The fourth-order valence-corrected chi connectivity index (χ4v) is 1.30. The van der Waals surface area contributed by atoms with Crippen LogP contribution in [0.15, 0.2) is 29.3 Å². The lowest BCUT2D eigenvalue weighted by molar-refractivity contribution is -0.0187. The molecule has 1 aromatic rings. The summed E-state index contributed by atoms with van der Waals surface area (Å²) < 4.78 is 17.7. The molecule has 0 aliphatic rings. The second kappa shape index (κ2) is 6.89. The summed E-state index contributed by atoms with van der Waals surface area (Å²) in [4.78, 5) is 15.2. The molecular weight excluding hydrogens is 241 g/mol. The number of halogens is 1. The van der Waals surface area contributed by atoms with Crippen molar-refractivity contribution in [3.8, 4) is 0 Å². The summed E-state index contributed by atoms with van der Waals surface area (Å²) in [5.41, 5.74) is 0.869. The molecule has 0 N–H and O–H groups in total. The minimum atomic E-state index is -1.55. The van der Waals surface area contributed by atoms with E-state index in [-0.39, 0.29) is 12.0 Å². The van der Waals surface area contributed by atoms with Crippen molar-refractivity contribution in [3.05, 3.63) is 29.8 Å². The first kappa shape index (κ1) is 13.5. The molecule has 1 unspecified atom stereocenters. The van der Waals surface area contributed by atoms with Gasteiger partial charge in [-0.05, 0) is 42.9 Å². The highest BCUT2D eigenvalue weighted by Gasteiger charge is 2.13. The lowest BCUT2D eigenvalue weighted by Gasteiger charge is -2.08. The zero-order chi connectivity index (χ0) is 12.7. The van der Waals surface area contributed by atoms with E-state index in [2.05, 4.69) is 27.1 Å². The number of hydrogen-bond acceptors (Lipinski definition) is 4. The smallest absolute Gasteiger partial charge is 0.340 e. The Bertz CT molecular complexity index is 427. The molecule has 0 aliphatic heterocycles. The van der Waals surface area contributed by atoms with Gasteiger partial charge in [0.05, 0.1) is 16.4 Å². The first-order valence-corrected chi connectivity index (χ1v) is 5.61. The summed E-state index contributed by atoms with van der Waals surface area (Å²) in [5.74, 6) is -0.677. The van der Waals surface area contributed by atoms with E-state index in [1.165, 1.54) is 12.1 Å². The molecule has 0 aliphatic carbocycles. The predicted molar refractivity (Wildman–Crippen MR) is 66.3 cm³/mol. The third-order valence-corrected chi connectivity index (χ3v) is 2.12. The predicted octanol–water partition coefficient (Wildman–Crippen LogP) is 3.67. The van der Waals surface area contributed by atoms with Gasteiger partial charge in [-0.15, -0.1) is 0 Å². The van der Waals surface area contributed by atoms with Gasteiger partial charge < -0.3 is 4.74 Å². The zero-order valence-corrected chi connectivity index (χ0v) is 10.2. The van der Waals surface area contributed by atoms with Gasteiger partial charge in [0.25, 0.3) is 0 Å². The van der Waals surface area contributed by atoms with Crippen LogP contribution in [-0.2, 0) is 4.74 Å². The summed E-state index contributed by atoms with van der Waals surface area (Å²) >= 11 is 4.45. The molecule has 1 aromatic carbocycles. The van der Waals surface area contributed by atoms with Gasteiger partial charge >= 0.3 is 5.97 Å². The lowest BCUT2D eigenvalue weighted by Crippen LogP contribution is -2.13. The van der Waals surface area contributed by atoms with Crippen molar-refractivity contribution in [2.75, 3.05) is 0 Å². The second-order valence-corrected chi connectivity index (χ2v) is 3.54. The standard InChI is InChI=1S/C12H12FNO2S/c1-2-3-11(13)16-12(15)9-4-6-10(7-5-9)14-8-17/h4-7,11H,2-3H2,1H3. The van der Waals surface area contributed by atoms with E-state index in [1.807, 2.05) is 6.92 Å². The van der Waals surface area contributed by atoms with Crippen LogP contribution in [0.5, 0.6) is 0 Å². The van der Waals surface area contributed by atoms with Crippen LogP contribution in [0.2, 0.25) is 0 Å². The van der Waals surface area contributed by atoms with Gasteiger partial charge in [-0.1, -0.05) is 6.92 Å². The molecule has 1 atom stereocenters. The van der Waals surface area contributed by atoms with Gasteiger partial charge in [-0.2, -0.15) is 4.99 Å². The van der Waals surface area contributed by atoms with Crippen molar-refractivity contribution in [1.82, 2.24) is 0 Å². The molecule has 5 heteroatoms. The van der Waals surface area contributed by atoms with Crippen molar-refractivity contribution in [3.63, 3.8) is 0 Å². The maximum atomic E-state index is 13.1. The van der Waals surface area contributed by atoms with Crippen LogP contribution in [0.3, 0.4) is 0 Å². The molecule has 0 fully saturated rings. The van der Waals surface area contributed by atoms with E-state index in [9.17, 15) is 9.18 Å². The Morgan fingerprint density at radius 3 is 2.71 bits per heavy atom. The molecule has 0 saturated carbocycles. The summed E-state index contributed by atoms with van der Waals surface area (Å²) in [6.07, 6.45) is -0.721. The van der Waals surface area contributed by atoms with Crippen LogP contribution in [0.25, 0.3) is 0 Å². The van der Waals surface area contributed by atoms with Crippen molar-refractivity contribution in [1.29, 1.82) is 0 Å². The van der Waals surface area contributed by atoms with E-state index in [0.29, 0.717) is 12.1 Å². The van der Waals surface area contributed by atoms with Crippen molar-refractivity contribution < 1.29 is 13.9 Å². The molecule has 17 heavy (non-hydrogen) atoms. The number of ether oxygens (including phenoxy) is 1. The van der Waals surface area contributed by atoms with Gasteiger partial charge in [-0.3, -0.25) is 0 Å². The highest BCUT2D eigenvalue weighted by Crippen LogP contribution is 2.14. The van der Waals surface area contributed by atoms with E-state index >= 15 is 0 Å². The highest BCUT2D eigenvalue weighted by molar-refractivity contribution is 7.78. The highest BCUT2D eigenvalue weighted by atomic mass is 32.1. The van der Waals surface area contributed by atoms with E-state index in [4.69, 9.17) is 0 Å². The number of benzene rings is 1. The molecule has 0 heterocycles. The lowest BCUT2D eigenvalue weighted by atomic mass is 10.2. The van der Waals surface area contributed by atoms with Crippen molar-refractivity contribution >= 4 is 29.0 Å². The number of alkyl halides is 1. The van der Waals surface area contributed by atoms with Crippen molar-refractivity contribution in [2.24, 2.45) is 4.99 Å². The third-order valence-electron chi connectivity index (χ3n) is 2.03. The first-order valence-electron chi connectivity index (χ1n) is 5.20. The normalized spacial score (nSPS) is 11.4. The molecule has 0 saturated heterocycles. The molecule has 0 bridgehead atoms. The van der Waals surface area contributed by atoms with Crippen LogP contribution in [0.4, 0.5) is 10.1 Å². The van der Waals surface area contributed by atoms with Crippen LogP contribution in [-0.4, -0.2) is 17.5 Å². The number of isothiocyanates is 1. The second-order valence-electron chi connectivity index (χ2n) is 3.35. The third kappa shape index (κ3) is 4.43. The molecule has 3 nitrogen and oxygen atoms in total. The van der Waals surface area contributed by atoms with E-state index in [0.717, 1.165) is 0 Å². The summed E-state index contributed by atoms with van der Waals surface area (Å²) in [6, 6.07) is 6.19. The number of nitrogens with zero attached hydrogens (tertiary/aromatic N) is 1. The Morgan fingerprint density at radius 1 is 1.53 bits per heavy atom. The molecule has 1 rings (SSSR count). The van der Waals surface area contributed by atoms with E-state index in [1.54, 1.807) is 12.1 Å². The Labute approximate surface area is 104 Å². The van der Waals surface area contributed by atoms with Crippen LogP contribution in [0, 0.1) is 0 Å². The number of hydrogen-bond donors (Lipinski definition) is 0. The molecule has 0 amide bonds. The first-order chi connectivity index (χ1) is 8.17. The monoisotopic (exact) mass is 253 g/mol. The molecular formula is C12H12FNO2S. The number of aliphatic imine (C=N–C) groups is 1. The van der Waals surface area contributed by atoms with Gasteiger partial charge in [0, 0.05) is 6.42 Å². The number of rotatable bonds is 5. The van der Waals surface area contributed by atoms with Crippen LogP contribution >= 0.6 is 12.2 Å². The SMILES string of the molecule is CCCC(F)OC(=O)c1ccc(N=C=S)cc1. The number of carbonyl (C=O) groups is 1. The Kier molecular flexibility index (Phi) is 5.46. The quantitative estimate of drug-likeness (QED) is 0.456. The van der Waals surface area contributed by atoms with E-state index < -0.39 is 12.3 Å². The van der Waals surface area contributed by atoms with Gasteiger partial charge in [0.2, 0.25) is 6.36 Å². The van der Waals surface area contributed by atoms with Crippen molar-refractivity contribution in [2.45, 2.75) is 26.1 Å². The van der Waals surface area contributed by atoms with Gasteiger partial charge in [-0.25, -0.2) is 9.18 Å². The number of thiocarbonyl (C=S) groups is 1. The summed E-state index contributed by atoms with van der Waals surface area (Å²) in [5, 5.41) is 2.21. The fourth-order valence-electron chi connectivity index (χ4n) is 1.19. The average Bonchev–Trinajstić information content (AvgIpc) is 2.30. The zero-order valence-electron chi connectivity index (χ0n) is 9.35. The van der Waals surface area contributed by atoms with Crippen LogP contribution in [0.1, 0.15) is 30.1 Å². The number of carbonyl (C=O) groups excluding carboxylic acids is 1. The fraction of sp³-hybridized carbons (Fsp3) is 0.333. The Hall–Kier alpha value is -1.58. The molecule has 0 radical (unpaired) electrons. The Balaban J connectivity index is 2.66. The molecule has 90 valence electrons. The van der Waals surface area contributed by atoms with Gasteiger partial charge in [0.1, 0.15) is 0 Å². The maximum Gasteiger partial charge on any atom is 0.340 e.